The molecular formula is C12H13N3O2. The molecule has 5 heteroatoms. The third-order valence-corrected chi connectivity index (χ3v) is 2.66. The first-order chi connectivity index (χ1) is 8.16. The van der Waals surface area contributed by atoms with Gasteiger partial charge in [-0.25, -0.2) is 0 Å². The summed E-state index contributed by atoms with van der Waals surface area (Å²) in [6.07, 6.45) is 3.39. The third kappa shape index (κ3) is 2.69. The predicted octanol–water partition coefficient (Wildman–Crippen LogP) is 1.85. The van der Waals surface area contributed by atoms with Crippen LogP contribution in [0.25, 0.3) is 5.69 Å². The van der Waals surface area contributed by atoms with E-state index in [2.05, 4.69) is 10.2 Å². The fourth-order valence-electron chi connectivity index (χ4n) is 1.69. The van der Waals surface area contributed by atoms with E-state index in [9.17, 15) is 4.79 Å². The second-order valence-corrected chi connectivity index (χ2v) is 3.96. The molecule has 0 radical (unpaired) electrons. The largest absolute Gasteiger partial charge is 0.481 e. The normalized spacial score (nSPS) is 12.3. The van der Waals surface area contributed by atoms with Crippen molar-refractivity contribution in [3.8, 4) is 5.69 Å². The smallest absolute Gasteiger partial charge is 0.303 e. The molecule has 1 aromatic heterocycles. The highest BCUT2D eigenvalue weighted by molar-refractivity contribution is 5.68. The minimum absolute atomic E-state index is 0.0162. The minimum atomic E-state index is -0.777. The Hall–Kier alpha value is -2.17. The van der Waals surface area contributed by atoms with E-state index in [1.165, 1.54) is 0 Å². The number of benzene rings is 1. The number of aliphatic carboxylic acids is 1. The van der Waals surface area contributed by atoms with Crippen LogP contribution in [0.5, 0.6) is 0 Å². The quantitative estimate of drug-likeness (QED) is 0.871. The van der Waals surface area contributed by atoms with Crippen molar-refractivity contribution < 1.29 is 9.90 Å². The molecule has 0 bridgehead atoms. The summed E-state index contributed by atoms with van der Waals surface area (Å²) in [4.78, 5) is 10.6. The van der Waals surface area contributed by atoms with E-state index in [-0.39, 0.29) is 12.3 Å². The van der Waals surface area contributed by atoms with E-state index in [0.29, 0.717) is 0 Å². The zero-order chi connectivity index (χ0) is 12.3. The van der Waals surface area contributed by atoms with Crippen molar-refractivity contribution in [1.29, 1.82) is 0 Å². The van der Waals surface area contributed by atoms with Crippen molar-refractivity contribution >= 4 is 5.97 Å². The number of carbonyl (C=O) groups is 1. The molecule has 0 saturated heterocycles. The maximum Gasteiger partial charge on any atom is 0.303 e. The molecule has 0 saturated carbocycles. The Balaban J connectivity index is 2.15. The molecule has 17 heavy (non-hydrogen) atoms. The Morgan fingerprint density at radius 3 is 2.41 bits per heavy atom. The number of nitrogens with zero attached hydrogens (tertiary/aromatic N) is 3. The van der Waals surface area contributed by atoms with Gasteiger partial charge in [0.2, 0.25) is 0 Å². The lowest BCUT2D eigenvalue weighted by Gasteiger charge is -2.09. The molecule has 1 heterocycles. The number of rotatable bonds is 4. The van der Waals surface area contributed by atoms with Gasteiger partial charge < -0.3 is 5.11 Å². The molecule has 2 aromatic rings. The van der Waals surface area contributed by atoms with E-state index < -0.39 is 5.97 Å². The molecule has 0 spiro atoms. The average molecular weight is 231 g/mol. The summed E-state index contributed by atoms with van der Waals surface area (Å²) in [6, 6.07) is 7.72. The summed E-state index contributed by atoms with van der Waals surface area (Å²) in [5.74, 6) is -0.761. The van der Waals surface area contributed by atoms with Crippen LogP contribution in [-0.2, 0) is 4.79 Å². The van der Waals surface area contributed by atoms with E-state index in [4.69, 9.17) is 5.11 Å². The molecular weight excluding hydrogens is 218 g/mol. The molecule has 88 valence electrons. The lowest BCUT2D eigenvalue weighted by atomic mass is 9.98. The summed E-state index contributed by atoms with van der Waals surface area (Å²) in [5, 5.41) is 16.2. The molecule has 1 aromatic carbocycles. The predicted molar refractivity (Wildman–Crippen MR) is 62.0 cm³/mol. The van der Waals surface area contributed by atoms with Gasteiger partial charge in [-0.2, -0.15) is 0 Å². The van der Waals surface area contributed by atoms with Gasteiger partial charge in [-0.1, -0.05) is 19.1 Å². The molecule has 1 unspecified atom stereocenters. The molecule has 0 aliphatic heterocycles. The van der Waals surface area contributed by atoms with Crippen LogP contribution in [0.3, 0.4) is 0 Å². The second-order valence-electron chi connectivity index (χ2n) is 3.96. The Morgan fingerprint density at radius 1 is 1.29 bits per heavy atom. The summed E-state index contributed by atoms with van der Waals surface area (Å²) in [5.41, 5.74) is 1.98. The molecule has 0 amide bonds. The van der Waals surface area contributed by atoms with Gasteiger partial charge in [0, 0.05) is 5.69 Å². The summed E-state index contributed by atoms with van der Waals surface area (Å²) >= 11 is 0. The van der Waals surface area contributed by atoms with Gasteiger partial charge in [0.1, 0.15) is 12.7 Å². The van der Waals surface area contributed by atoms with Gasteiger partial charge >= 0.3 is 5.97 Å². The first-order valence-electron chi connectivity index (χ1n) is 5.33. The van der Waals surface area contributed by atoms with Gasteiger partial charge in [0.15, 0.2) is 0 Å². The van der Waals surface area contributed by atoms with Gasteiger partial charge in [0.25, 0.3) is 0 Å². The average Bonchev–Trinajstić information content (AvgIpc) is 2.82. The summed E-state index contributed by atoms with van der Waals surface area (Å²) in [6.45, 7) is 1.90. The SMILES string of the molecule is CC(CC(=O)O)c1ccc(-n2cnnc2)cc1. The number of hydrogen-bond donors (Lipinski definition) is 1. The zero-order valence-corrected chi connectivity index (χ0v) is 9.45. The fourth-order valence-corrected chi connectivity index (χ4v) is 1.69. The lowest BCUT2D eigenvalue weighted by Crippen LogP contribution is -2.03. The van der Waals surface area contributed by atoms with Crippen LogP contribution < -0.4 is 0 Å². The maximum absolute atomic E-state index is 10.6. The summed E-state index contributed by atoms with van der Waals surface area (Å²) in [7, 11) is 0. The van der Waals surface area contributed by atoms with Gasteiger partial charge in [0.05, 0.1) is 6.42 Å². The van der Waals surface area contributed by atoms with Crippen LogP contribution in [0.1, 0.15) is 24.8 Å². The number of hydrogen-bond acceptors (Lipinski definition) is 3. The van der Waals surface area contributed by atoms with Crippen LogP contribution in [0, 0.1) is 0 Å². The van der Waals surface area contributed by atoms with Crippen LogP contribution in [0.2, 0.25) is 0 Å². The molecule has 0 fully saturated rings. The van der Waals surface area contributed by atoms with E-state index in [0.717, 1.165) is 11.3 Å². The first-order valence-corrected chi connectivity index (χ1v) is 5.33. The molecule has 0 aliphatic rings. The van der Waals surface area contributed by atoms with Crippen LogP contribution in [0.15, 0.2) is 36.9 Å². The van der Waals surface area contributed by atoms with Gasteiger partial charge in [-0.15, -0.1) is 10.2 Å². The lowest BCUT2D eigenvalue weighted by molar-refractivity contribution is -0.137. The van der Waals surface area contributed by atoms with Gasteiger partial charge in [-0.05, 0) is 23.6 Å². The molecule has 5 nitrogen and oxygen atoms in total. The molecule has 1 N–H and O–H groups in total. The van der Waals surface area contributed by atoms with E-state index in [1.807, 2.05) is 31.2 Å². The Bertz CT molecular complexity index is 491. The standard InChI is InChI=1S/C12H13N3O2/c1-9(6-12(16)17)10-2-4-11(5-3-10)15-7-13-14-8-15/h2-5,7-9H,6H2,1H3,(H,16,17). The zero-order valence-electron chi connectivity index (χ0n) is 9.45. The van der Waals surface area contributed by atoms with Crippen LogP contribution in [-0.4, -0.2) is 25.8 Å². The van der Waals surface area contributed by atoms with Crippen molar-refractivity contribution in [1.82, 2.24) is 14.8 Å². The third-order valence-electron chi connectivity index (χ3n) is 2.66. The molecule has 1 atom stereocenters. The number of carboxylic acids is 1. The topological polar surface area (TPSA) is 68.0 Å². The highest BCUT2D eigenvalue weighted by atomic mass is 16.4. The highest BCUT2D eigenvalue weighted by Crippen LogP contribution is 2.20. The monoisotopic (exact) mass is 231 g/mol. The van der Waals surface area contributed by atoms with E-state index >= 15 is 0 Å². The first kappa shape index (κ1) is 11.3. The van der Waals surface area contributed by atoms with E-state index in [1.54, 1.807) is 17.2 Å². The summed E-state index contributed by atoms with van der Waals surface area (Å²) < 4.78 is 1.80. The van der Waals surface area contributed by atoms with Crippen molar-refractivity contribution in [3.63, 3.8) is 0 Å². The minimum Gasteiger partial charge on any atom is -0.481 e. The Kier molecular flexibility index (Phi) is 3.18. The number of aromatic nitrogens is 3. The van der Waals surface area contributed by atoms with Crippen LogP contribution in [0.4, 0.5) is 0 Å². The molecule has 0 aliphatic carbocycles. The fraction of sp³-hybridized carbons (Fsp3) is 0.250. The Labute approximate surface area is 98.7 Å². The molecule has 2 rings (SSSR count). The number of carboxylic acid groups (broad SMARTS) is 1. The van der Waals surface area contributed by atoms with Crippen molar-refractivity contribution in [3.05, 3.63) is 42.5 Å². The highest BCUT2D eigenvalue weighted by Gasteiger charge is 2.09. The van der Waals surface area contributed by atoms with Crippen molar-refractivity contribution in [2.45, 2.75) is 19.3 Å². The Morgan fingerprint density at radius 2 is 1.88 bits per heavy atom. The maximum atomic E-state index is 10.6. The second kappa shape index (κ2) is 4.78. The van der Waals surface area contributed by atoms with Crippen LogP contribution >= 0.6 is 0 Å². The van der Waals surface area contributed by atoms with Crippen molar-refractivity contribution in [2.75, 3.05) is 0 Å². The van der Waals surface area contributed by atoms with Gasteiger partial charge in [-0.3, -0.25) is 9.36 Å². The van der Waals surface area contributed by atoms with Crippen molar-refractivity contribution in [2.24, 2.45) is 0 Å².